The maximum atomic E-state index is 11.9. The van der Waals surface area contributed by atoms with Crippen molar-refractivity contribution >= 4 is 26.5 Å². The number of fused-ring (bicyclic) bond motifs is 1. The standard InChI is InChI=1S/C18H21NO4S/c20-18(19-15-10-12-24(21,22)13-15)9-4-11-23-17-8-3-6-14-5-1-2-7-16(14)17/h1-3,5-8,15H,4,9-13H2,(H,19,20). The zero-order valence-corrected chi connectivity index (χ0v) is 14.2. The van der Waals surface area contributed by atoms with Crippen molar-refractivity contribution in [2.24, 2.45) is 0 Å². The molecule has 1 heterocycles. The molecule has 0 spiro atoms. The van der Waals surface area contributed by atoms with E-state index in [0.717, 1.165) is 16.5 Å². The van der Waals surface area contributed by atoms with Gasteiger partial charge in [0.2, 0.25) is 5.91 Å². The zero-order valence-electron chi connectivity index (χ0n) is 13.4. The Morgan fingerprint density at radius 1 is 1.17 bits per heavy atom. The lowest BCUT2D eigenvalue weighted by molar-refractivity contribution is -0.121. The zero-order chi connectivity index (χ0) is 17.0. The third kappa shape index (κ3) is 4.26. The van der Waals surface area contributed by atoms with Crippen molar-refractivity contribution in [3.63, 3.8) is 0 Å². The average Bonchev–Trinajstić information content (AvgIpc) is 2.90. The van der Waals surface area contributed by atoms with Crippen LogP contribution in [0.1, 0.15) is 19.3 Å². The number of nitrogens with one attached hydrogen (secondary N) is 1. The lowest BCUT2D eigenvalue weighted by Gasteiger charge is -2.12. The quantitative estimate of drug-likeness (QED) is 0.814. The van der Waals surface area contributed by atoms with Gasteiger partial charge in [0.05, 0.1) is 18.1 Å². The van der Waals surface area contributed by atoms with E-state index in [4.69, 9.17) is 4.74 Å². The highest BCUT2D eigenvalue weighted by atomic mass is 32.2. The third-order valence-corrected chi connectivity index (χ3v) is 5.92. The fourth-order valence-electron chi connectivity index (χ4n) is 2.95. The van der Waals surface area contributed by atoms with Crippen LogP contribution >= 0.6 is 0 Å². The fraction of sp³-hybridized carbons (Fsp3) is 0.389. The number of carbonyl (C=O) groups is 1. The first-order chi connectivity index (χ1) is 11.5. The summed E-state index contributed by atoms with van der Waals surface area (Å²) in [5.74, 6) is 0.932. The van der Waals surface area contributed by atoms with Crippen molar-refractivity contribution in [3.05, 3.63) is 42.5 Å². The molecule has 128 valence electrons. The monoisotopic (exact) mass is 347 g/mol. The molecule has 1 saturated heterocycles. The first-order valence-electron chi connectivity index (χ1n) is 8.14. The Morgan fingerprint density at radius 3 is 2.75 bits per heavy atom. The molecule has 1 aliphatic heterocycles. The average molecular weight is 347 g/mol. The van der Waals surface area contributed by atoms with Gasteiger partial charge in [-0.25, -0.2) is 8.42 Å². The molecule has 2 aromatic rings. The minimum absolute atomic E-state index is 0.0608. The highest BCUT2D eigenvalue weighted by molar-refractivity contribution is 7.91. The molecule has 1 atom stereocenters. The number of hydrogen-bond donors (Lipinski definition) is 1. The fourth-order valence-corrected chi connectivity index (χ4v) is 4.62. The van der Waals surface area contributed by atoms with Crippen LogP contribution in [0.25, 0.3) is 10.8 Å². The molecule has 5 nitrogen and oxygen atoms in total. The topological polar surface area (TPSA) is 72.5 Å². The summed E-state index contributed by atoms with van der Waals surface area (Å²) in [5, 5.41) is 4.97. The summed E-state index contributed by atoms with van der Waals surface area (Å²) in [6.45, 7) is 0.449. The van der Waals surface area contributed by atoms with Gasteiger partial charge in [-0.1, -0.05) is 36.4 Å². The highest BCUT2D eigenvalue weighted by Gasteiger charge is 2.28. The molecule has 0 aliphatic carbocycles. The third-order valence-electron chi connectivity index (χ3n) is 4.15. The molecule has 1 amide bonds. The van der Waals surface area contributed by atoms with Gasteiger partial charge in [0.1, 0.15) is 5.75 Å². The molecule has 2 aromatic carbocycles. The van der Waals surface area contributed by atoms with Crippen molar-refractivity contribution in [1.82, 2.24) is 5.32 Å². The predicted molar refractivity (Wildman–Crippen MR) is 93.9 cm³/mol. The van der Waals surface area contributed by atoms with E-state index in [1.54, 1.807) is 0 Å². The van der Waals surface area contributed by atoms with E-state index < -0.39 is 9.84 Å². The maximum Gasteiger partial charge on any atom is 0.220 e. The van der Waals surface area contributed by atoms with E-state index in [9.17, 15) is 13.2 Å². The van der Waals surface area contributed by atoms with E-state index in [-0.39, 0.29) is 23.5 Å². The number of rotatable bonds is 6. The Morgan fingerprint density at radius 2 is 1.96 bits per heavy atom. The van der Waals surface area contributed by atoms with Crippen molar-refractivity contribution < 1.29 is 17.9 Å². The summed E-state index contributed by atoms with van der Waals surface area (Å²) >= 11 is 0. The van der Waals surface area contributed by atoms with Crippen LogP contribution in [0.2, 0.25) is 0 Å². The summed E-state index contributed by atoms with van der Waals surface area (Å²) in [6, 6.07) is 13.7. The van der Waals surface area contributed by atoms with Gasteiger partial charge >= 0.3 is 0 Å². The van der Waals surface area contributed by atoms with Crippen molar-refractivity contribution in [2.75, 3.05) is 18.1 Å². The second kappa shape index (κ2) is 7.21. The first kappa shape index (κ1) is 16.8. The molecule has 3 rings (SSSR count). The number of ether oxygens (including phenoxy) is 1. The van der Waals surface area contributed by atoms with Gasteiger partial charge in [-0.2, -0.15) is 0 Å². The normalized spacial score (nSPS) is 19.2. The van der Waals surface area contributed by atoms with Crippen LogP contribution in [-0.4, -0.2) is 38.5 Å². The van der Waals surface area contributed by atoms with E-state index in [0.29, 0.717) is 25.9 Å². The summed E-state index contributed by atoms with van der Waals surface area (Å²) in [6.07, 6.45) is 1.44. The summed E-state index contributed by atoms with van der Waals surface area (Å²) in [7, 11) is -2.96. The van der Waals surface area contributed by atoms with E-state index in [1.807, 2.05) is 42.5 Å². The van der Waals surface area contributed by atoms with Crippen molar-refractivity contribution in [1.29, 1.82) is 0 Å². The van der Waals surface area contributed by atoms with Crippen LogP contribution in [0, 0.1) is 0 Å². The maximum absolute atomic E-state index is 11.9. The number of benzene rings is 2. The molecule has 0 aromatic heterocycles. The van der Waals surface area contributed by atoms with Crippen molar-refractivity contribution in [2.45, 2.75) is 25.3 Å². The SMILES string of the molecule is O=C(CCCOc1cccc2ccccc12)NC1CCS(=O)(=O)C1. The highest BCUT2D eigenvalue weighted by Crippen LogP contribution is 2.25. The molecule has 1 N–H and O–H groups in total. The Balaban J connectivity index is 1.44. The van der Waals surface area contributed by atoms with Crippen LogP contribution in [0.15, 0.2) is 42.5 Å². The van der Waals surface area contributed by atoms with Gasteiger partial charge in [-0.05, 0) is 24.3 Å². The molecule has 1 unspecified atom stereocenters. The first-order valence-corrected chi connectivity index (χ1v) is 9.96. The Bertz CT molecular complexity index is 827. The summed E-state index contributed by atoms with van der Waals surface area (Å²) in [4.78, 5) is 11.9. The van der Waals surface area contributed by atoms with E-state index in [2.05, 4.69) is 5.32 Å². The van der Waals surface area contributed by atoms with Gasteiger partial charge in [0.25, 0.3) is 0 Å². The lowest BCUT2D eigenvalue weighted by atomic mass is 10.1. The molecule has 0 saturated carbocycles. The minimum atomic E-state index is -2.96. The molecule has 6 heteroatoms. The van der Waals surface area contributed by atoms with Gasteiger partial charge < -0.3 is 10.1 Å². The van der Waals surface area contributed by atoms with Crippen LogP contribution in [0.4, 0.5) is 0 Å². The van der Waals surface area contributed by atoms with Crippen molar-refractivity contribution in [3.8, 4) is 5.75 Å². The Hall–Kier alpha value is -2.08. The predicted octanol–water partition coefficient (Wildman–Crippen LogP) is 2.30. The van der Waals surface area contributed by atoms with Crippen LogP contribution in [0.5, 0.6) is 5.75 Å². The summed E-state index contributed by atoms with van der Waals surface area (Å²) in [5.41, 5.74) is 0. The number of amides is 1. The Labute approximate surface area is 141 Å². The number of hydrogen-bond acceptors (Lipinski definition) is 4. The van der Waals surface area contributed by atoms with Gasteiger partial charge in [-0.15, -0.1) is 0 Å². The van der Waals surface area contributed by atoms with Gasteiger partial charge in [0, 0.05) is 17.8 Å². The number of carbonyl (C=O) groups excluding carboxylic acids is 1. The molecule has 0 bridgehead atoms. The van der Waals surface area contributed by atoms with Gasteiger partial charge in [-0.3, -0.25) is 4.79 Å². The van der Waals surface area contributed by atoms with Crippen LogP contribution < -0.4 is 10.1 Å². The molecule has 24 heavy (non-hydrogen) atoms. The second-order valence-corrected chi connectivity index (χ2v) is 8.33. The minimum Gasteiger partial charge on any atom is -0.493 e. The Kier molecular flexibility index (Phi) is 5.04. The van der Waals surface area contributed by atoms with E-state index in [1.165, 1.54) is 0 Å². The summed E-state index contributed by atoms with van der Waals surface area (Å²) < 4.78 is 28.5. The van der Waals surface area contributed by atoms with Crippen LogP contribution in [0.3, 0.4) is 0 Å². The van der Waals surface area contributed by atoms with Gasteiger partial charge in [0.15, 0.2) is 9.84 Å². The largest absolute Gasteiger partial charge is 0.493 e. The molecule has 0 radical (unpaired) electrons. The number of sulfone groups is 1. The van der Waals surface area contributed by atoms with Crippen LogP contribution in [-0.2, 0) is 14.6 Å². The molecular weight excluding hydrogens is 326 g/mol. The smallest absolute Gasteiger partial charge is 0.220 e. The lowest BCUT2D eigenvalue weighted by Crippen LogP contribution is -2.35. The second-order valence-electron chi connectivity index (χ2n) is 6.10. The molecule has 1 aliphatic rings. The van der Waals surface area contributed by atoms with E-state index >= 15 is 0 Å². The molecule has 1 fully saturated rings. The molecular formula is C18H21NO4S.